The van der Waals surface area contributed by atoms with Gasteiger partial charge in [-0.05, 0) is 77.6 Å². The molecular formula is C34H27F3N4O3. The van der Waals surface area contributed by atoms with Crippen LogP contribution in [0.5, 0.6) is 0 Å². The van der Waals surface area contributed by atoms with Crippen molar-refractivity contribution in [2.24, 2.45) is 5.92 Å². The summed E-state index contributed by atoms with van der Waals surface area (Å²) in [4.78, 5) is 30.9. The second-order valence-electron chi connectivity index (χ2n) is 11.3. The van der Waals surface area contributed by atoms with Crippen molar-refractivity contribution in [1.29, 1.82) is 0 Å². The number of nitrogens with two attached hydrogens (primary N) is 1. The molecule has 2 atom stereocenters. The number of benzene rings is 3. The Balaban J connectivity index is 1.16. The molecule has 2 unspecified atom stereocenters. The van der Waals surface area contributed by atoms with Gasteiger partial charge in [0.15, 0.2) is 0 Å². The van der Waals surface area contributed by atoms with Gasteiger partial charge in [-0.25, -0.2) is 18.2 Å². The zero-order chi connectivity index (χ0) is 30.5. The van der Waals surface area contributed by atoms with Gasteiger partial charge in [-0.15, -0.1) is 0 Å². The van der Waals surface area contributed by atoms with E-state index >= 15 is 4.39 Å². The predicted octanol–water partition coefficient (Wildman–Crippen LogP) is 6.24. The summed E-state index contributed by atoms with van der Waals surface area (Å²) in [5.41, 5.74) is 9.34. The first-order valence-corrected chi connectivity index (χ1v) is 14.3. The van der Waals surface area contributed by atoms with Crippen LogP contribution >= 0.6 is 0 Å². The number of pyridine rings is 1. The Kier molecular flexibility index (Phi) is 6.84. The van der Waals surface area contributed by atoms with Gasteiger partial charge in [0.1, 0.15) is 35.0 Å². The summed E-state index contributed by atoms with van der Waals surface area (Å²) < 4.78 is 48.6. The van der Waals surface area contributed by atoms with Gasteiger partial charge in [0.05, 0.1) is 19.6 Å². The Morgan fingerprint density at radius 2 is 1.75 bits per heavy atom. The van der Waals surface area contributed by atoms with Crippen molar-refractivity contribution in [3.8, 4) is 22.3 Å². The SMILES string of the molecule is Nc1ccc(C2CC2C(=O)NCc2cc3cc(-c4ccc(C(=O)N5CC(F)C5)cc4F)cc(-c4ccc(F)cc4)c3o2)cn1. The summed E-state index contributed by atoms with van der Waals surface area (Å²) in [6, 6.07) is 19.0. The summed E-state index contributed by atoms with van der Waals surface area (Å²) >= 11 is 0. The first kappa shape index (κ1) is 27.7. The molecule has 1 aliphatic heterocycles. The van der Waals surface area contributed by atoms with Gasteiger partial charge >= 0.3 is 0 Å². The smallest absolute Gasteiger partial charge is 0.254 e. The molecule has 44 heavy (non-hydrogen) atoms. The minimum atomic E-state index is -1.05. The number of alkyl halides is 1. The molecule has 1 aliphatic carbocycles. The van der Waals surface area contributed by atoms with Crippen molar-refractivity contribution in [2.75, 3.05) is 18.8 Å². The summed E-state index contributed by atoms with van der Waals surface area (Å²) in [6.07, 6.45) is 1.37. The van der Waals surface area contributed by atoms with Crippen molar-refractivity contribution in [2.45, 2.75) is 25.1 Å². The molecule has 3 heterocycles. The van der Waals surface area contributed by atoms with E-state index in [-0.39, 0.29) is 48.5 Å². The second kappa shape index (κ2) is 10.9. The van der Waals surface area contributed by atoms with E-state index in [0.29, 0.717) is 39.2 Å². The number of amides is 2. The minimum Gasteiger partial charge on any atom is -0.459 e. The van der Waals surface area contributed by atoms with Crippen LogP contribution in [0.15, 0.2) is 83.4 Å². The normalized spacial score (nSPS) is 17.8. The van der Waals surface area contributed by atoms with Crippen LogP contribution in [-0.2, 0) is 11.3 Å². The Bertz CT molecular complexity index is 1900. The number of likely N-dealkylation sites (tertiary alicyclic amines) is 1. The molecule has 1 saturated carbocycles. The van der Waals surface area contributed by atoms with Gasteiger partial charge in [0.25, 0.3) is 5.91 Å². The van der Waals surface area contributed by atoms with Crippen LogP contribution < -0.4 is 11.1 Å². The van der Waals surface area contributed by atoms with Crippen LogP contribution in [0.2, 0.25) is 0 Å². The van der Waals surface area contributed by atoms with Crippen LogP contribution in [0, 0.1) is 17.6 Å². The third-order valence-corrected chi connectivity index (χ3v) is 8.28. The van der Waals surface area contributed by atoms with Crippen molar-refractivity contribution in [3.63, 3.8) is 0 Å². The summed E-state index contributed by atoms with van der Waals surface area (Å²) in [6.45, 7) is 0.158. The summed E-state index contributed by atoms with van der Waals surface area (Å²) in [5, 5.41) is 3.61. The first-order valence-electron chi connectivity index (χ1n) is 14.3. The van der Waals surface area contributed by atoms with Crippen LogP contribution in [-0.4, -0.2) is 41.0 Å². The maximum absolute atomic E-state index is 15.4. The molecule has 10 heteroatoms. The summed E-state index contributed by atoms with van der Waals surface area (Å²) in [5.74, 6) is -0.661. The van der Waals surface area contributed by atoms with Gasteiger partial charge in [-0.1, -0.05) is 24.3 Å². The Hall–Kier alpha value is -5.12. The van der Waals surface area contributed by atoms with Gasteiger partial charge < -0.3 is 20.4 Å². The van der Waals surface area contributed by atoms with Crippen molar-refractivity contribution < 1.29 is 27.2 Å². The standard InChI is InChI=1S/C34H27F3N4O3/c35-23-5-1-18(2-6-23)28-11-21(26-7-3-19(12-30(26)37)34(43)41-16-24(36)17-41)9-22-10-25(44-32(22)28)15-40-33(42)29-13-27(29)20-4-8-31(38)39-14-20/h1-12,14,24,27,29H,13,15-17H2,(H2,38,39)(H,40,42). The number of hydrogen-bond donors (Lipinski definition) is 2. The van der Waals surface area contributed by atoms with Crippen molar-refractivity contribution >= 4 is 28.6 Å². The van der Waals surface area contributed by atoms with E-state index in [4.69, 9.17) is 10.2 Å². The van der Waals surface area contributed by atoms with E-state index in [0.717, 1.165) is 18.1 Å². The molecule has 2 aliphatic rings. The molecule has 2 aromatic heterocycles. The number of carbonyl (C=O) groups excluding carboxylic acids is 2. The zero-order valence-corrected chi connectivity index (χ0v) is 23.4. The third kappa shape index (κ3) is 5.27. The molecule has 3 N–H and O–H groups in total. The van der Waals surface area contributed by atoms with Crippen LogP contribution in [0.1, 0.15) is 34.0 Å². The number of furan rings is 1. The lowest BCUT2D eigenvalue weighted by Crippen LogP contribution is -2.51. The fraction of sp³-hybridized carbons (Fsp3) is 0.206. The number of nitrogens with one attached hydrogen (secondary N) is 1. The number of fused-ring (bicyclic) bond motifs is 1. The third-order valence-electron chi connectivity index (χ3n) is 8.28. The number of carbonyl (C=O) groups is 2. The van der Waals surface area contributed by atoms with E-state index in [1.54, 1.807) is 42.6 Å². The first-order chi connectivity index (χ1) is 21.2. The highest BCUT2D eigenvalue weighted by molar-refractivity contribution is 5.98. The molecular weight excluding hydrogens is 569 g/mol. The highest BCUT2D eigenvalue weighted by Gasteiger charge is 2.44. The fourth-order valence-corrected chi connectivity index (χ4v) is 5.74. The number of rotatable bonds is 7. The number of anilines is 1. The Morgan fingerprint density at radius 1 is 0.955 bits per heavy atom. The lowest BCUT2D eigenvalue weighted by molar-refractivity contribution is -0.122. The topological polar surface area (TPSA) is 101 Å². The number of nitrogens with zero attached hydrogens (tertiary/aromatic N) is 2. The molecule has 0 spiro atoms. The molecule has 2 amide bonds. The van der Waals surface area contributed by atoms with E-state index < -0.39 is 23.7 Å². The van der Waals surface area contributed by atoms with Gasteiger partial charge in [0, 0.05) is 34.2 Å². The molecule has 5 aromatic rings. The number of aromatic nitrogens is 1. The largest absolute Gasteiger partial charge is 0.459 e. The van der Waals surface area contributed by atoms with Crippen LogP contribution in [0.25, 0.3) is 33.2 Å². The lowest BCUT2D eigenvalue weighted by Gasteiger charge is -2.34. The van der Waals surface area contributed by atoms with Crippen LogP contribution in [0.4, 0.5) is 19.0 Å². The quantitative estimate of drug-likeness (QED) is 0.232. The fourth-order valence-electron chi connectivity index (χ4n) is 5.74. The number of halogens is 3. The van der Waals surface area contributed by atoms with Gasteiger partial charge in [0.2, 0.25) is 5.91 Å². The summed E-state index contributed by atoms with van der Waals surface area (Å²) in [7, 11) is 0. The Morgan fingerprint density at radius 3 is 2.45 bits per heavy atom. The van der Waals surface area contributed by atoms with Gasteiger partial charge in [-0.2, -0.15) is 0 Å². The molecule has 1 saturated heterocycles. The second-order valence-corrected chi connectivity index (χ2v) is 11.3. The average Bonchev–Trinajstić information content (AvgIpc) is 3.70. The van der Waals surface area contributed by atoms with Crippen LogP contribution in [0.3, 0.4) is 0 Å². The zero-order valence-electron chi connectivity index (χ0n) is 23.4. The van der Waals surface area contributed by atoms with E-state index in [2.05, 4.69) is 10.3 Å². The minimum absolute atomic E-state index is 0.00444. The predicted molar refractivity (Wildman–Crippen MR) is 159 cm³/mol. The molecule has 222 valence electrons. The maximum Gasteiger partial charge on any atom is 0.254 e. The monoisotopic (exact) mass is 596 g/mol. The lowest BCUT2D eigenvalue weighted by atomic mass is 9.95. The highest BCUT2D eigenvalue weighted by Crippen LogP contribution is 2.47. The van der Waals surface area contributed by atoms with Crippen molar-refractivity contribution in [3.05, 3.63) is 108 Å². The highest BCUT2D eigenvalue weighted by atomic mass is 19.1. The maximum atomic E-state index is 15.4. The van der Waals surface area contributed by atoms with E-state index in [9.17, 15) is 18.4 Å². The van der Waals surface area contributed by atoms with E-state index in [1.807, 2.05) is 6.07 Å². The van der Waals surface area contributed by atoms with Gasteiger partial charge in [-0.3, -0.25) is 9.59 Å². The molecule has 2 fully saturated rings. The molecule has 0 bridgehead atoms. The molecule has 7 rings (SSSR count). The molecule has 7 nitrogen and oxygen atoms in total. The number of nitrogen functional groups attached to an aromatic ring is 1. The number of hydrogen-bond acceptors (Lipinski definition) is 5. The average molecular weight is 597 g/mol. The molecule has 0 radical (unpaired) electrons. The van der Waals surface area contributed by atoms with E-state index in [1.165, 1.54) is 29.2 Å². The van der Waals surface area contributed by atoms with Crippen molar-refractivity contribution in [1.82, 2.24) is 15.2 Å². The molecule has 3 aromatic carbocycles. The Labute approximate surface area is 250 Å².